The normalized spacial score (nSPS) is 9.06. The molecule has 0 aliphatic rings. The first-order chi connectivity index (χ1) is 7.93. The molecule has 0 saturated heterocycles. The topological polar surface area (TPSA) is 9.23 Å². The van der Waals surface area contributed by atoms with E-state index in [1.165, 1.54) is 5.56 Å². The molecule has 2 rings (SSSR count). The van der Waals surface area contributed by atoms with Gasteiger partial charge < -0.3 is 4.74 Å². The van der Waals surface area contributed by atoms with Crippen LogP contribution < -0.4 is 0 Å². The van der Waals surface area contributed by atoms with Gasteiger partial charge in [-0.3, -0.25) is 0 Å². The number of rotatable bonds is 3. The molecule has 0 aliphatic heterocycles. The van der Waals surface area contributed by atoms with Crippen LogP contribution >= 0.6 is 0 Å². The predicted octanol–water partition coefficient (Wildman–Crippen LogP) is 3.91. The predicted molar refractivity (Wildman–Crippen MR) is 68.2 cm³/mol. The Kier molecular flexibility index (Phi) is 6.77. The molecule has 1 nitrogen and oxygen atoms in total. The molecule has 0 saturated carbocycles. The fourth-order valence-corrected chi connectivity index (χ4v) is 1.18. The molecule has 16 heavy (non-hydrogen) atoms. The Labute approximate surface area is 97.7 Å². The van der Waals surface area contributed by atoms with Crippen LogP contribution in [0.1, 0.15) is 12.5 Å². The monoisotopic (exact) mass is 214 g/mol. The van der Waals surface area contributed by atoms with Crippen LogP contribution in [-0.2, 0) is 11.3 Å². The van der Waals surface area contributed by atoms with Crippen LogP contribution in [0.2, 0.25) is 0 Å². The summed E-state index contributed by atoms with van der Waals surface area (Å²) in [6.45, 7) is 3.52. The molecule has 0 amide bonds. The van der Waals surface area contributed by atoms with Gasteiger partial charge in [0.15, 0.2) is 0 Å². The van der Waals surface area contributed by atoms with Crippen LogP contribution in [0.4, 0.5) is 0 Å². The molecule has 0 heterocycles. The van der Waals surface area contributed by atoms with Crippen LogP contribution in [0.25, 0.3) is 0 Å². The Bertz CT molecular complexity index is 316. The summed E-state index contributed by atoms with van der Waals surface area (Å²) in [5.74, 6) is 0. The zero-order chi connectivity index (χ0) is 11.5. The maximum Gasteiger partial charge on any atom is 0.0716 e. The van der Waals surface area contributed by atoms with Crippen molar-refractivity contribution in [1.82, 2.24) is 0 Å². The first-order valence-electron chi connectivity index (χ1n) is 5.55. The summed E-state index contributed by atoms with van der Waals surface area (Å²) in [6.07, 6.45) is 0. The second-order valence-corrected chi connectivity index (χ2v) is 3.28. The summed E-state index contributed by atoms with van der Waals surface area (Å²) in [6, 6.07) is 22.2. The Morgan fingerprint density at radius 3 is 1.62 bits per heavy atom. The van der Waals surface area contributed by atoms with Crippen LogP contribution in [-0.4, -0.2) is 6.61 Å². The molecule has 0 N–H and O–H groups in total. The smallest absolute Gasteiger partial charge is 0.0716 e. The quantitative estimate of drug-likeness (QED) is 0.752. The molecule has 0 unspecified atom stereocenters. The first kappa shape index (κ1) is 12.5. The van der Waals surface area contributed by atoms with Crippen molar-refractivity contribution in [2.45, 2.75) is 13.5 Å². The van der Waals surface area contributed by atoms with Gasteiger partial charge in [-0.15, -0.1) is 0 Å². The second-order valence-electron chi connectivity index (χ2n) is 3.28. The van der Waals surface area contributed by atoms with E-state index in [0.717, 1.165) is 13.2 Å². The lowest BCUT2D eigenvalue weighted by Gasteiger charge is -1.98. The van der Waals surface area contributed by atoms with Crippen molar-refractivity contribution in [3.05, 3.63) is 72.3 Å². The third-order valence-corrected chi connectivity index (χ3v) is 1.98. The molecule has 2 aromatic carbocycles. The summed E-state index contributed by atoms with van der Waals surface area (Å²) in [5, 5.41) is 0. The first-order valence-corrected chi connectivity index (χ1v) is 5.55. The Hall–Kier alpha value is -1.60. The van der Waals surface area contributed by atoms with Crippen LogP contribution in [0.3, 0.4) is 0 Å². The Morgan fingerprint density at radius 2 is 1.19 bits per heavy atom. The van der Waals surface area contributed by atoms with Gasteiger partial charge in [0.25, 0.3) is 0 Å². The minimum absolute atomic E-state index is 0.733. The molecule has 0 spiro atoms. The van der Waals surface area contributed by atoms with E-state index in [-0.39, 0.29) is 0 Å². The molecule has 0 aromatic heterocycles. The van der Waals surface area contributed by atoms with E-state index in [2.05, 4.69) is 12.1 Å². The number of benzene rings is 2. The molecule has 84 valence electrons. The van der Waals surface area contributed by atoms with Crippen molar-refractivity contribution in [3.63, 3.8) is 0 Å². The van der Waals surface area contributed by atoms with E-state index in [4.69, 9.17) is 4.74 Å². The average Bonchev–Trinajstić information content (AvgIpc) is 2.40. The SMILES string of the molecule is CCOCc1ccccc1.c1ccccc1. The summed E-state index contributed by atoms with van der Waals surface area (Å²) in [5.41, 5.74) is 1.24. The Balaban J connectivity index is 0.000000181. The molecule has 0 fully saturated rings. The average molecular weight is 214 g/mol. The zero-order valence-corrected chi connectivity index (χ0v) is 9.67. The molecule has 2 aromatic rings. The summed E-state index contributed by atoms with van der Waals surface area (Å²) in [4.78, 5) is 0. The second kappa shape index (κ2) is 8.69. The fourth-order valence-electron chi connectivity index (χ4n) is 1.18. The van der Waals surface area contributed by atoms with Crippen LogP contribution in [0, 0.1) is 0 Å². The third kappa shape index (κ3) is 5.99. The maximum absolute atomic E-state index is 5.22. The van der Waals surface area contributed by atoms with Gasteiger partial charge in [-0.25, -0.2) is 0 Å². The lowest BCUT2D eigenvalue weighted by Crippen LogP contribution is -1.90. The zero-order valence-electron chi connectivity index (χ0n) is 9.67. The van der Waals surface area contributed by atoms with Gasteiger partial charge in [-0.1, -0.05) is 66.7 Å². The number of hydrogen-bond donors (Lipinski definition) is 0. The highest BCUT2D eigenvalue weighted by Crippen LogP contribution is 1.99. The highest BCUT2D eigenvalue weighted by Gasteiger charge is 1.86. The summed E-state index contributed by atoms with van der Waals surface area (Å²) < 4.78 is 5.22. The highest BCUT2D eigenvalue weighted by molar-refractivity contribution is 5.13. The fraction of sp³-hybridized carbons (Fsp3) is 0.200. The summed E-state index contributed by atoms with van der Waals surface area (Å²) >= 11 is 0. The Morgan fingerprint density at radius 1 is 0.750 bits per heavy atom. The van der Waals surface area contributed by atoms with Gasteiger partial charge in [-0.05, 0) is 12.5 Å². The van der Waals surface area contributed by atoms with Crippen LogP contribution in [0.15, 0.2) is 66.7 Å². The lowest BCUT2D eigenvalue weighted by atomic mass is 10.2. The van der Waals surface area contributed by atoms with Crippen molar-refractivity contribution >= 4 is 0 Å². The van der Waals surface area contributed by atoms with Crippen molar-refractivity contribution in [2.24, 2.45) is 0 Å². The lowest BCUT2D eigenvalue weighted by molar-refractivity contribution is 0.134. The summed E-state index contributed by atoms with van der Waals surface area (Å²) in [7, 11) is 0. The molecule has 0 atom stereocenters. The standard InChI is InChI=1S/C9H12O.C6H6/c1-2-10-8-9-6-4-3-5-7-9;1-2-4-6-5-3-1/h3-7H,2,8H2,1H3;1-6H. The molecule has 0 aliphatic carbocycles. The van der Waals surface area contributed by atoms with E-state index < -0.39 is 0 Å². The minimum atomic E-state index is 0.733. The van der Waals surface area contributed by atoms with Gasteiger partial charge in [0.2, 0.25) is 0 Å². The molecule has 1 heteroatoms. The van der Waals surface area contributed by atoms with Gasteiger partial charge in [0.05, 0.1) is 6.61 Å². The van der Waals surface area contributed by atoms with Gasteiger partial charge >= 0.3 is 0 Å². The van der Waals surface area contributed by atoms with E-state index in [1.54, 1.807) is 0 Å². The van der Waals surface area contributed by atoms with Crippen molar-refractivity contribution in [2.75, 3.05) is 6.61 Å². The maximum atomic E-state index is 5.22. The largest absolute Gasteiger partial charge is 0.377 e. The van der Waals surface area contributed by atoms with E-state index in [1.807, 2.05) is 61.5 Å². The highest BCUT2D eigenvalue weighted by atomic mass is 16.5. The van der Waals surface area contributed by atoms with Gasteiger partial charge in [0.1, 0.15) is 0 Å². The van der Waals surface area contributed by atoms with E-state index in [9.17, 15) is 0 Å². The van der Waals surface area contributed by atoms with E-state index in [0.29, 0.717) is 0 Å². The van der Waals surface area contributed by atoms with Crippen molar-refractivity contribution < 1.29 is 4.74 Å². The number of ether oxygens (including phenoxy) is 1. The number of hydrogen-bond acceptors (Lipinski definition) is 1. The van der Waals surface area contributed by atoms with Gasteiger partial charge in [0, 0.05) is 6.61 Å². The van der Waals surface area contributed by atoms with Crippen molar-refractivity contribution in [1.29, 1.82) is 0 Å². The van der Waals surface area contributed by atoms with Crippen molar-refractivity contribution in [3.8, 4) is 0 Å². The molecular weight excluding hydrogens is 196 g/mol. The molecule has 0 radical (unpaired) electrons. The van der Waals surface area contributed by atoms with E-state index >= 15 is 0 Å². The minimum Gasteiger partial charge on any atom is -0.377 e. The third-order valence-electron chi connectivity index (χ3n) is 1.98. The molecular formula is C15H18O. The van der Waals surface area contributed by atoms with Gasteiger partial charge in [-0.2, -0.15) is 0 Å². The van der Waals surface area contributed by atoms with Crippen LogP contribution in [0.5, 0.6) is 0 Å². The molecule has 0 bridgehead atoms.